The number of para-hydroxylation sites is 1. The van der Waals surface area contributed by atoms with Crippen molar-refractivity contribution >= 4 is 17.2 Å². The largest absolute Gasteiger partial charge is 0.497 e. The molecule has 162 valence electrons. The van der Waals surface area contributed by atoms with Crippen LogP contribution in [-0.2, 0) is 13.2 Å². The first kappa shape index (κ1) is 22.6. The second-order valence-corrected chi connectivity index (χ2v) is 8.36. The van der Waals surface area contributed by atoms with Crippen LogP contribution in [-0.4, -0.2) is 29.4 Å². The lowest BCUT2D eigenvalue weighted by Gasteiger charge is -2.20. The molecule has 0 unspecified atom stereocenters. The van der Waals surface area contributed by atoms with E-state index >= 15 is 0 Å². The first-order valence-electron chi connectivity index (χ1n) is 10.2. The van der Waals surface area contributed by atoms with E-state index in [1.807, 2.05) is 35.7 Å². The Morgan fingerprint density at radius 1 is 1.23 bits per heavy atom. The van der Waals surface area contributed by atoms with E-state index in [2.05, 4.69) is 31.5 Å². The van der Waals surface area contributed by atoms with Crippen molar-refractivity contribution in [3.63, 3.8) is 0 Å². The van der Waals surface area contributed by atoms with Gasteiger partial charge in [0.15, 0.2) is 0 Å². The predicted molar refractivity (Wildman–Crippen MR) is 125 cm³/mol. The van der Waals surface area contributed by atoms with E-state index in [-0.39, 0.29) is 5.91 Å². The molecule has 3 aromatic rings. The smallest absolute Gasteiger partial charge is 0.254 e. The summed E-state index contributed by atoms with van der Waals surface area (Å²) in [5.74, 6) is 1.84. The van der Waals surface area contributed by atoms with Gasteiger partial charge in [-0.15, -0.1) is 17.9 Å². The Balaban J connectivity index is 1.67. The summed E-state index contributed by atoms with van der Waals surface area (Å²) in [5, 5.41) is 2.85. The number of aromatic nitrogens is 1. The predicted octanol–water partition coefficient (Wildman–Crippen LogP) is 5.68. The maximum atomic E-state index is 13.0. The molecular weight excluding hydrogens is 408 g/mol. The Morgan fingerprint density at radius 2 is 2.03 bits per heavy atom. The van der Waals surface area contributed by atoms with Gasteiger partial charge in [0, 0.05) is 17.5 Å². The molecule has 0 aliphatic rings. The fraction of sp³-hybridized carbons (Fsp3) is 0.280. The van der Waals surface area contributed by atoms with Gasteiger partial charge in [-0.25, -0.2) is 4.98 Å². The highest BCUT2D eigenvalue weighted by molar-refractivity contribution is 7.09. The molecule has 0 aliphatic carbocycles. The SMILES string of the molecule is C=CCN(Cc1csc(COc2ccccc2C(C)C)n1)C(=O)c1cccc(OC)c1. The van der Waals surface area contributed by atoms with Gasteiger partial charge in [0.2, 0.25) is 0 Å². The Hall–Kier alpha value is -3.12. The molecule has 0 radical (unpaired) electrons. The van der Waals surface area contributed by atoms with Crippen LogP contribution >= 0.6 is 11.3 Å². The summed E-state index contributed by atoms with van der Waals surface area (Å²) < 4.78 is 11.3. The third-order valence-electron chi connectivity index (χ3n) is 4.80. The molecule has 2 aromatic carbocycles. The van der Waals surface area contributed by atoms with E-state index < -0.39 is 0 Å². The summed E-state index contributed by atoms with van der Waals surface area (Å²) in [5.41, 5.74) is 2.59. The number of hydrogen-bond acceptors (Lipinski definition) is 5. The van der Waals surface area contributed by atoms with Crippen LogP contribution in [0.4, 0.5) is 0 Å². The van der Waals surface area contributed by atoms with Crippen LogP contribution in [0.25, 0.3) is 0 Å². The van der Waals surface area contributed by atoms with Crippen molar-refractivity contribution in [1.82, 2.24) is 9.88 Å². The van der Waals surface area contributed by atoms with Crippen LogP contribution in [0, 0.1) is 0 Å². The molecule has 3 rings (SSSR count). The van der Waals surface area contributed by atoms with Crippen LogP contribution < -0.4 is 9.47 Å². The topological polar surface area (TPSA) is 51.7 Å². The zero-order valence-corrected chi connectivity index (χ0v) is 19.0. The maximum Gasteiger partial charge on any atom is 0.254 e. The van der Waals surface area contributed by atoms with Gasteiger partial charge in [0.1, 0.15) is 23.1 Å². The molecule has 1 aromatic heterocycles. The van der Waals surface area contributed by atoms with Gasteiger partial charge < -0.3 is 14.4 Å². The second kappa shape index (κ2) is 10.8. The quantitative estimate of drug-likeness (QED) is 0.384. The third kappa shape index (κ3) is 5.95. The monoisotopic (exact) mass is 436 g/mol. The summed E-state index contributed by atoms with van der Waals surface area (Å²) in [6.07, 6.45) is 1.72. The number of thiazole rings is 1. The minimum Gasteiger partial charge on any atom is -0.497 e. The molecule has 1 heterocycles. The molecule has 0 spiro atoms. The minimum absolute atomic E-state index is 0.0875. The molecule has 1 amide bonds. The van der Waals surface area contributed by atoms with Gasteiger partial charge in [-0.05, 0) is 35.7 Å². The number of methoxy groups -OCH3 is 1. The maximum absolute atomic E-state index is 13.0. The number of ether oxygens (including phenoxy) is 2. The van der Waals surface area contributed by atoms with E-state index in [0.29, 0.717) is 36.9 Å². The van der Waals surface area contributed by atoms with Crippen LogP contribution in [0.2, 0.25) is 0 Å². The van der Waals surface area contributed by atoms with Crippen LogP contribution in [0.15, 0.2) is 66.6 Å². The lowest BCUT2D eigenvalue weighted by Crippen LogP contribution is -2.30. The van der Waals surface area contributed by atoms with Crippen molar-refractivity contribution in [3.05, 3.63) is 88.4 Å². The normalized spacial score (nSPS) is 10.7. The zero-order valence-electron chi connectivity index (χ0n) is 18.2. The molecule has 31 heavy (non-hydrogen) atoms. The lowest BCUT2D eigenvalue weighted by molar-refractivity contribution is 0.0760. The van der Waals surface area contributed by atoms with E-state index in [1.54, 1.807) is 30.2 Å². The standard InChI is InChI=1S/C25H28N2O3S/c1-5-13-27(25(28)19-9-8-10-21(14-19)29-4)15-20-17-31-24(26-20)16-30-23-12-7-6-11-22(23)18(2)3/h5-12,14,17-18H,1,13,15-16H2,2-4H3. The van der Waals surface area contributed by atoms with Gasteiger partial charge in [-0.2, -0.15) is 0 Å². The molecule has 0 aliphatic heterocycles. The van der Waals surface area contributed by atoms with Crippen LogP contribution in [0.1, 0.15) is 46.4 Å². The Kier molecular flexibility index (Phi) is 7.84. The third-order valence-corrected chi connectivity index (χ3v) is 5.67. The Morgan fingerprint density at radius 3 is 2.77 bits per heavy atom. The fourth-order valence-electron chi connectivity index (χ4n) is 3.23. The van der Waals surface area contributed by atoms with Crippen molar-refractivity contribution in [2.75, 3.05) is 13.7 Å². The summed E-state index contributed by atoms with van der Waals surface area (Å²) in [6.45, 7) is 9.32. The van der Waals surface area contributed by atoms with E-state index in [4.69, 9.17) is 9.47 Å². The van der Waals surface area contributed by atoms with E-state index in [0.717, 1.165) is 16.5 Å². The first-order valence-corrected chi connectivity index (χ1v) is 11.1. The molecular formula is C25H28N2O3S. The number of hydrogen-bond donors (Lipinski definition) is 0. The van der Waals surface area contributed by atoms with Gasteiger partial charge in [0.05, 0.1) is 19.3 Å². The van der Waals surface area contributed by atoms with Gasteiger partial charge in [0.25, 0.3) is 5.91 Å². The van der Waals surface area contributed by atoms with Crippen molar-refractivity contribution in [2.24, 2.45) is 0 Å². The van der Waals surface area contributed by atoms with E-state index in [9.17, 15) is 4.79 Å². The van der Waals surface area contributed by atoms with Crippen molar-refractivity contribution in [1.29, 1.82) is 0 Å². The zero-order chi connectivity index (χ0) is 22.2. The fourth-order valence-corrected chi connectivity index (χ4v) is 3.92. The van der Waals surface area contributed by atoms with Crippen molar-refractivity contribution in [3.8, 4) is 11.5 Å². The van der Waals surface area contributed by atoms with Crippen molar-refractivity contribution in [2.45, 2.75) is 32.9 Å². The van der Waals surface area contributed by atoms with Crippen LogP contribution in [0.3, 0.4) is 0 Å². The molecule has 0 saturated heterocycles. The average molecular weight is 437 g/mol. The number of carbonyl (C=O) groups is 1. The van der Waals surface area contributed by atoms with Gasteiger partial charge >= 0.3 is 0 Å². The summed E-state index contributed by atoms with van der Waals surface area (Å²) in [7, 11) is 1.59. The second-order valence-electron chi connectivity index (χ2n) is 7.42. The molecule has 0 fully saturated rings. The number of benzene rings is 2. The molecule has 0 atom stereocenters. The number of rotatable bonds is 10. The lowest BCUT2D eigenvalue weighted by atomic mass is 10.0. The first-order chi connectivity index (χ1) is 15.0. The summed E-state index contributed by atoms with van der Waals surface area (Å²) in [4.78, 5) is 19.4. The highest BCUT2D eigenvalue weighted by atomic mass is 32.1. The highest BCUT2D eigenvalue weighted by Crippen LogP contribution is 2.27. The van der Waals surface area contributed by atoms with Gasteiger partial charge in [-0.3, -0.25) is 4.79 Å². The summed E-state index contributed by atoms with van der Waals surface area (Å²) in [6, 6.07) is 15.2. The average Bonchev–Trinajstić information content (AvgIpc) is 3.24. The molecule has 0 saturated carbocycles. The number of amides is 1. The molecule has 5 nitrogen and oxygen atoms in total. The molecule has 6 heteroatoms. The molecule has 0 N–H and O–H groups in total. The highest BCUT2D eigenvalue weighted by Gasteiger charge is 2.17. The molecule has 0 bridgehead atoms. The number of nitrogens with zero attached hydrogens (tertiary/aromatic N) is 2. The number of carbonyl (C=O) groups excluding carboxylic acids is 1. The Labute approximate surface area is 188 Å². The summed E-state index contributed by atoms with van der Waals surface area (Å²) >= 11 is 1.54. The minimum atomic E-state index is -0.0875. The van der Waals surface area contributed by atoms with Gasteiger partial charge in [-0.1, -0.05) is 44.2 Å². The van der Waals surface area contributed by atoms with Crippen LogP contribution in [0.5, 0.6) is 11.5 Å². The van der Waals surface area contributed by atoms with Crippen molar-refractivity contribution < 1.29 is 14.3 Å². The van der Waals surface area contributed by atoms with E-state index in [1.165, 1.54) is 16.9 Å². The Bertz CT molecular complexity index is 1030.